The molecule has 0 radical (unpaired) electrons. The number of rotatable bonds is 9. The summed E-state index contributed by atoms with van der Waals surface area (Å²) >= 11 is 12.3. The normalized spacial score (nSPS) is 14.0. The molecule has 1 aliphatic heterocycles. The Labute approximate surface area is 175 Å². The molecule has 1 N–H and O–H groups in total. The van der Waals surface area contributed by atoms with E-state index in [1.807, 2.05) is 0 Å². The standard InChI is InChI=1S/C20H26Cl2N4O2/c1-3-26(4-2)8-6-5-7-23-20-19(18-13-27-9-10-28-18)24-16-11-14(21)15(22)12-17(16)25-20/h11-13H,3-10H2,1-2H3,(H,23,25). The van der Waals surface area contributed by atoms with Crippen molar-refractivity contribution in [3.05, 3.63) is 34.1 Å². The van der Waals surface area contributed by atoms with Gasteiger partial charge in [-0.25, -0.2) is 9.97 Å². The van der Waals surface area contributed by atoms with Crippen molar-refractivity contribution < 1.29 is 9.47 Å². The molecular weight excluding hydrogens is 399 g/mol. The molecule has 0 atom stereocenters. The molecule has 0 bridgehead atoms. The smallest absolute Gasteiger partial charge is 0.183 e. The molecule has 0 fully saturated rings. The lowest BCUT2D eigenvalue weighted by Gasteiger charge is -2.19. The lowest BCUT2D eigenvalue weighted by Crippen LogP contribution is -2.24. The molecule has 28 heavy (non-hydrogen) atoms. The Bertz CT molecular complexity index is 841. The van der Waals surface area contributed by atoms with Crippen molar-refractivity contribution >= 4 is 45.8 Å². The molecule has 1 aromatic carbocycles. The molecule has 0 amide bonds. The van der Waals surface area contributed by atoms with Gasteiger partial charge in [-0.15, -0.1) is 0 Å². The van der Waals surface area contributed by atoms with E-state index in [-0.39, 0.29) is 0 Å². The number of anilines is 1. The highest BCUT2D eigenvalue weighted by atomic mass is 35.5. The summed E-state index contributed by atoms with van der Waals surface area (Å²) in [6, 6.07) is 3.45. The van der Waals surface area contributed by atoms with Crippen LogP contribution in [0.25, 0.3) is 16.8 Å². The van der Waals surface area contributed by atoms with Crippen molar-refractivity contribution in [2.24, 2.45) is 0 Å². The molecule has 0 aliphatic carbocycles. The third-order valence-corrected chi connectivity index (χ3v) is 5.40. The summed E-state index contributed by atoms with van der Waals surface area (Å²) in [6.45, 7) is 9.45. The Morgan fingerprint density at radius 2 is 1.75 bits per heavy atom. The largest absolute Gasteiger partial charge is 0.494 e. The number of benzene rings is 1. The highest BCUT2D eigenvalue weighted by molar-refractivity contribution is 6.42. The minimum atomic E-state index is 0.446. The van der Waals surface area contributed by atoms with Gasteiger partial charge in [0.15, 0.2) is 17.3 Å². The van der Waals surface area contributed by atoms with E-state index >= 15 is 0 Å². The van der Waals surface area contributed by atoms with E-state index in [2.05, 4.69) is 24.1 Å². The third-order valence-electron chi connectivity index (χ3n) is 4.68. The number of nitrogens with one attached hydrogen (secondary N) is 1. The van der Waals surface area contributed by atoms with Crippen molar-refractivity contribution in [2.75, 3.05) is 44.7 Å². The lowest BCUT2D eigenvalue weighted by atomic mass is 10.2. The Hall–Kier alpha value is -1.76. The van der Waals surface area contributed by atoms with Crippen molar-refractivity contribution in [1.29, 1.82) is 0 Å². The summed E-state index contributed by atoms with van der Waals surface area (Å²) in [5.74, 6) is 1.22. The number of halogens is 2. The zero-order valence-electron chi connectivity index (χ0n) is 16.3. The molecular formula is C20H26Cl2N4O2. The zero-order chi connectivity index (χ0) is 19.9. The molecule has 0 spiro atoms. The van der Waals surface area contributed by atoms with E-state index in [0.29, 0.717) is 51.6 Å². The number of ether oxygens (including phenoxy) is 2. The summed E-state index contributed by atoms with van der Waals surface area (Å²) in [7, 11) is 0. The molecule has 152 valence electrons. The molecule has 6 nitrogen and oxygen atoms in total. The van der Waals surface area contributed by atoms with E-state index < -0.39 is 0 Å². The van der Waals surface area contributed by atoms with E-state index in [1.165, 1.54) is 0 Å². The second kappa shape index (κ2) is 10.1. The van der Waals surface area contributed by atoms with Gasteiger partial charge in [0.05, 0.1) is 21.1 Å². The van der Waals surface area contributed by atoms with Gasteiger partial charge in [0.1, 0.15) is 19.5 Å². The van der Waals surface area contributed by atoms with E-state index in [4.69, 9.17) is 42.6 Å². The second-order valence-electron chi connectivity index (χ2n) is 6.54. The Morgan fingerprint density at radius 1 is 1.04 bits per heavy atom. The van der Waals surface area contributed by atoms with Crippen LogP contribution in [0.4, 0.5) is 5.82 Å². The number of hydrogen-bond donors (Lipinski definition) is 1. The van der Waals surface area contributed by atoms with Crippen LogP contribution in [0.3, 0.4) is 0 Å². The van der Waals surface area contributed by atoms with Gasteiger partial charge in [-0.05, 0) is 44.6 Å². The molecule has 3 rings (SSSR count). The number of fused-ring (bicyclic) bond motifs is 1. The van der Waals surface area contributed by atoms with E-state index in [1.54, 1.807) is 18.4 Å². The van der Waals surface area contributed by atoms with Gasteiger partial charge in [-0.2, -0.15) is 0 Å². The number of nitrogens with zero attached hydrogens (tertiary/aromatic N) is 3. The van der Waals surface area contributed by atoms with Crippen LogP contribution in [-0.4, -0.2) is 54.3 Å². The summed E-state index contributed by atoms with van der Waals surface area (Å²) in [6.07, 6.45) is 3.74. The Balaban J connectivity index is 1.78. The van der Waals surface area contributed by atoms with Gasteiger partial charge < -0.3 is 19.7 Å². The fraction of sp³-hybridized carbons (Fsp3) is 0.500. The first-order valence-corrected chi connectivity index (χ1v) is 10.5. The van der Waals surface area contributed by atoms with Gasteiger partial charge >= 0.3 is 0 Å². The molecule has 0 unspecified atom stereocenters. The number of hydrogen-bond acceptors (Lipinski definition) is 6. The quantitative estimate of drug-likeness (QED) is 0.582. The summed E-state index contributed by atoms with van der Waals surface area (Å²) in [5, 5.41) is 4.30. The maximum atomic E-state index is 6.15. The monoisotopic (exact) mass is 424 g/mol. The van der Waals surface area contributed by atoms with Crippen LogP contribution in [0.1, 0.15) is 32.4 Å². The van der Waals surface area contributed by atoms with Gasteiger partial charge in [0, 0.05) is 6.54 Å². The van der Waals surface area contributed by atoms with Crippen molar-refractivity contribution in [2.45, 2.75) is 26.7 Å². The van der Waals surface area contributed by atoms with Gasteiger partial charge in [0.2, 0.25) is 0 Å². The first kappa shape index (κ1) is 21.0. The summed E-state index contributed by atoms with van der Waals surface area (Å²) < 4.78 is 11.1. The highest BCUT2D eigenvalue weighted by Crippen LogP contribution is 2.30. The molecule has 1 aliphatic rings. The molecule has 2 heterocycles. The molecule has 0 saturated heterocycles. The van der Waals surface area contributed by atoms with Crippen LogP contribution in [0, 0.1) is 0 Å². The maximum Gasteiger partial charge on any atom is 0.183 e. The first-order chi connectivity index (χ1) is 13.6. The topological polar surface area (TPSA) is 59.5 Å². The van der Waals surface area contributed by atoms with Crippen LogP contribution < -0.4 is 5.32 Å². The number of unbranched alkanes of at least 4 members (excludes halogenated alkanes) is 1. The average Bonchev–Trinajstić information content (AvgIpc) is 2.72. The third kappa shape index (κ3) is 5.19. The minimum absolute atomic E-state index is 0.446. The summed E-state index contributed by atoms with van der Waals surface area (Å²) in [5.41, 5.74) is 1.96. The van der Waals surface area contributed by atoms with Gasteiger partial charge in [-0.1, -0.05) is 37.0 Å². The maximum absolute atomic E-state index is 6.15. The highest BCUT2D eigenvalue weighted by Gasteiger charge is 2.18. The van der Waals surface area contributed by atoms with E-state index in [9.17, 15) is 0 Å². The van der Waals surface area contributed by atoms with Crippen molar-refractivity contribution in [3.63, 3.8) is 0 Å². The summed E-state index contributed by atoms with van der Waals surface area (Å²) in [4.78, 5) is 11.8. The molecule has 2 aromatic rings. The van der Waals surface area contributed by atoms with Gasteiger partial charge in [0.25, 0.3) is 0 Å². The van der Waals surface area contributed by atoms with Crippen LogP contribution in [0.15, 0.2) is 18.4 Å². The zero-order valence-corrected chi connectivity index (χ0v) is 17.8. The van der Waals surface area contributed by atoms with Crippen LogP contribution in [0.2, 0.25) is 10.0 Å². The fourth-order valence-electron chi connectivity index (χ4n) is 3.05. The Morgan fingerprint density at radius 3 is 2.39 bits per heavy atom. The average molecular weight is 425 g/mol. The van der Waals surface area contributed by atoms with Crippen LogP contribution in [-0.2, 0) is 9.47 Å². The molecule has 8 heteroatoms. The number of aromatic nitrogens is 2. The van der Waals surface area contributed by atoms with E-state index in [0.717, 1.165) is 39.0 Å². The molecule has 1 aromatic heterocycles. The van der Waals surface area contributed by atoms with Crippen molar-refractivity contribution in [3.8, 4) is 0 Å². The van der Waals surface area contributed by atoms with Crippen LogP contribution >= 0.6 is 23.2 Å². The molecule has 0 saturated carbocycles. The van der Waals surface area contributed by atoms with Crippen LogP contribution in [0.5, 0.6) is 0 Å². The second-order valence-corrected chi connectivity index (χ2v) is 7.35. The predicted octanol–water partition coefficient (Wildman–Crippen LogP) is 4.82. The fourth-order valence-corrected chi connectivity index (χ4v) is 3.36. The SMILES string of the molecule is CCN(CC)CCCCNc1nc2cc(Cl)c(Cl)cc2nc1C1=COCCO1. The first-order valence-electron chi connectivity index (χ1n) is 9.70. The Kier molecular flexibility index (Phi) is 7.59. The minimum Gasteiger partial charge on any atom is -0.494 e. The van der Waals surface area contributed by atoms with Gasteiger partial charge in [-0.3, -0.25) is 0 Å². The lowest BCUT2D eigenvalue weighted by molar-refractivity contribution is 0.125. The predicted molar refractivity (Wildman–Crippen MR) is 115 cm³/mol. The van der Waals surface area contributed by atoms with Crippen molar-refractivity contribution in [1.82, 2.24) is 14.9 Å².